The number of tetrazole rings is 1. The molecule has 3 aromatic rings. The van der Waals surface area contributed by atoms with Crippen molar-refractivity contribution in [3.05, 3.63) is 64.9 Å². The van der Waals surface area contributed by atoms with Gasteiger partial charge in [-0.3, -0.25) is 4.79 Å². The number of nitrogens with zero attached hydrogens (tertiary/aromatic N) is 5. The monoisotopic (exact) mass is 359 g/mol. The van der Waals surface area contributed by atoms with E-state index in [1.807, 2.05) is 0 Å². The Morgan fingerprint density at radius 2 is 2.04 bits per heavy atom. The van der Waals surface area contributed by atoms with Crippen LogP contribution in [0.2, 0.25) is 5.02 Å². The van der Waals surface area contributed by atoms with E-state index in [1.54, 1.807) is 49.5 Å². The molecule has 0 bridgehead atoms. The largest absolute Gasteiger partial charge is 0.340 e. The van der Waals surface area contributed by atoms with Crippen LogP contribution in [0.25, 0.3) is 11.4 Å². The van der Waals surface area contributed by atoms with Crippen molar-refractivity contribution < 1.29 is 9.18 Å². The van der Waals surface area contributed by atoms with E-state index in [9.17, 15) is 9.18 Å². The van der Waals surface area contributed by atoms with Crippen LogP contribution in [0.4, 0.5) is 4.39 Å². The minimum Gasteiger partial charge on any atom is -0.340 e. The summed E-state index contributed by atoms with van der Waals surface area (Å²) in [5.74, 6) is -0.213. The smallest absolute Gasteiger partial charge is 0.246 e. The van der Waals surface area contributed by atoms with Gasteiger partial charge in [0.15, 0.2) is 0 Å². The zero-order valence-corrected chi connectivity index (χ0v) is 14.2. The molecule has 3 rings (SSSR count). The maximum absolute atomic E-state index is 13.7. The second-order valence-electron chi connectivity index (χ2n) is 5.50. The first-order valence-corrected chi connectivity index (χ1v) is 7.92. The second kappa shape index (κ2) is 7.40. The number of benzene rings is 2. The number of rotatable bonds is 5. The van der Waals surface area contributed by atoms with Crippen molar-refractivity contribution in [1.29, 1.82) is 0 Å². The van der Waals surface area contributed by atoms with Crippen LogP contribution in [-0.2, 0) is 17.9 Å². The van der Waals surface area contributed by atoms with Gasteiger partial charge in [-0.2, -0.15) is 4.80 Å². The fourth-order valence-corrected chi connectivity index (χ4v) is 2.46. The quantitative estimate of drug-likeness (QED) is 0.702. The van der Waals surface area contributed by atoms with Crippen LogP contribution in [0.3, 0.4) is 0 Å². The number of hydrogen-bond acceptors (Lipinski definition) is 4. The number of carbonyl (C=O) groups excluding carboxylic acids is 1. The normalized spacial score (nSPS) is 10.7. The Bertz CT molecular complexity index is 898. The highest BCUT2D eigenvalue weighted by Crippen LogP contribution is 2.18. The topological polar surface area (TPSA) is 63.9 Å². The number of amides is 1. The van der Waals surface area contributed by atoms with Gasteiger partial charge in [0, 0.05) is 29.7 Å². The Kier molecular flexibility index (Phi) is 5.04. The van der Waals surface area contributed by atoms with E-state index in [-0.39, 0.29) is 24.8 Å². The van der Waals surface area contributed by atoms with E-state index < -0.39 is 0 Å². The first-order chi connectivity index (χ1) is 12.0. The third-order valence-corrected chi connectivity index (χ3v) is 3.84. The summed E-state index contributed by atoms with van der Waals surface area (Å²) in [6.07, 6.45) is 0. The molecule has 6 nitrogen and oxygen atoms in total. The summed E-state index contributed by atoms with van der Waals surface area (Å²) >= 11 is 5.94. The lowest BCUT2D eigenvalue weighted by Crippen LogP contribution is -2.30. The van der Waals surface area contributed by atoms with Crippen LogP contribution in [0, 0.1) is 5.82 Å². The molecule has 0 aliphatic rings. The Morgan fingerprint density at radius 3 is 2.80 bits per heavy atom. The number of likely N-dealkylation sites (N-methyl/N-ethyl adjacent to an activating group) is 1. The Labute approximate surface area is 148 Å². The van der Waals surface area contributed by atoms with E-state index in [0.29, 0.717) is 22.0 Å². The van der Waals surface area contributed by atoms with Gasteiger partial charge in [0.25, 0.3) is 0 Å². The standard InChI is InChI=1S/C17H15ClFN5O/c1-23(10-13-5-2-3-8-15(13)19)16(25)11-24-21-17(20-22-24)12-6-4-7-14(18)9-12/h2-9H,10-11H2,1H3. The first kappa shape index (κ1) is 17.0. The van der Waals surface area contributed by atoms with Gasteiger partial charge < -0.3 is 4.90 Å². The molecule has 1 heterocycles. The molecular weight excluding hydrogens is 345 g/mol. The predicted octanol–water partition coefficient (Wildman–Crippen LogP) is 2.79. The highest BCUT2D eigenvalue weighted by Gasteiger charge is 2.14. The fourth-order valence-electron chi connectivity index (χ4n) is 2.27. The van der Waals surface area contributed by atoms with Crippen LogP contribution >= 0.6 is 11.6 Å². The van der Waals surface area contributed by atoms with E-state index in [2.05, 4.69) is 15.4 Å². The molecule has 128 valence electrons. The van der Waals surface area contributed by atoms with Crippen molar-refractivity contribution in [2.45, 2.75) is 13.1 Å². The van der Waals surface area contributed by atoms with Crippen LogP contribution in [0.1, 0.15) is 5.56 Å². The van der Waals surface area contributed by atoms with Crippen molar-refractivity contribution >= 4 is 17.5 Å². The molecule has 0 saturated heterocycles. The van der Waals surface area contributed by atoms with Crippen molar-refractivity contribution in [2.75, 3.05) is 7.05 Å². The molecule has 8 heteroatoms. The molecular formula is C17H15ClFN5O. The van der Waals surface area contributed by atoms with Gasteiger partial charge in [-0.1, -0.05) is 41.9 Å². The minimum atomic E-state index is -0.343. The predicted molar refractivity (Wildman–Crippen MR) is 91.1 cm³/mol. The van der Waals surface area contributed by atoms with Gasteiger partial charge in [0.05, 0.1) is 0 Å². The van der Waals surface area contributed by atoms with E-state index in [4.69, 9.17) is 11.6 Å². The summed E-state index contributed by atoms with van der Waals surface area (Å²) in [5.41, 5.74) is 1.16. The lowest BCUT2D eigenvalue weighted by molar-refractivity contribution is -0.131. The summed E-state index contributed by atoms with van der Waals surface area (Å²) in [5, 5.41) is 12.6. The van der Waals surface area contributed by atoms with Crippen molar-refractivity contribution in [3.63, 3.8) is 0 Å². The maximum atomic E-state index is 13.7. The van der Waals surface area contributed by atoms with Gasteiger partial charge in [-0.25, -0.2) is 4.39 Å². The molecule has 1 aromatic heterocycles. The van der Waals surface area contributed by atoms with Crippen LogP contribution in [-0.4, -0.2) is 38.1 Å². The molecule has 0 spiro atoms. The van der Waals surface area contributed by atoms with Crippen LogP contribution < -0.4 is 0 Å². The van der Waals surface area contributed by atoms with Crippen molar-refractivity contribution in [3.8, 4) is 11.4 Å². The molecule has 0 fully saturated rings. The maximum Gasteiger partial charge on any atom is 0.246 e. The van der Waals surface area contributed by atoms with Crippen molar-refractivity contribution in [2.24, 2.45) is 0 Å². The molecule has 2 aromatic carbocycles. The highest BCUT2D eigenvalue weighted by atomic mass is 35.5. The summed E-state index contributed by atoms with van der Waals surface area (Å²) in [4.78, 5) is 14.9. The Morgan fingerprint density at radius 1 is 1.24 bits per heavy atom. The zero-order chi connectivity index (χ0) is 17.8. The SMILES string of the molecule is CN(Cc1ccccc1F)C(=O)Cn1nnc(-c2cccc(Cl)c2)n1. The van der Waals surface area contributed by atoms with Gasteiger partial charge in [0.2, 0.25) is 11.7 Å². The summed E-state index contributed by atoms with van der Waals surface area (Å²) < 4.78 is 13.7. The number of halogens is 2. The first-order valence-electron chi connectivity index (χ1n) is 7.54. The highest BCUT2D eigenvalue weighted by molar-refractivity contribution is 6.30. The molecule has 0 N–H and O–H groups in total. The Hall–Kier alpha value is -2.80. The lowest BCUT2D eigenvalue weighted by atomic mass is 10.2. The van der Waals surface area contributed by atoms with Crippen molar-refractivity contribution in [1.82, 2.24) is 25.1 Å². The van der Waals surface area contributed by atoms with Crippen LogP contribution in [0.15, 0.2) is 48.5 Å². The third-order valence-electron chi connectivity index (χ3n) is 3.60. The molecule has 1 amide bonds. The average molecular weight is 360 g/mol. The zero-order valence-electron chi connectivity index (χ0n) is 13.4. The second-order valence-corrected chi connectivity index (χ2v) is 5.93. The molecule has 0 aliphatic heterocycles. The summed E-state index contributed by atoms with van der Waals surface area (Å²) in [6, 6.07) is 13.4. The summed E-state index contributed by atoms with van der Waals surface area (Å²) in [6.45, 7) is 0.0832. The third kappa shape index (κ3) is 4.19. The van der Waals surface area contributed by atoms with Crippen LogP contribution in [0.5, 0.6) is 0 Å². The number of hydrogen-bond donors (Lipinski definition) is 0. The molecule has 0 aliphatic carbocycles. The van der Waals surface area contributed by atoms with Gasteiger partial charge in [-0.05, 0) is 23.4 Å². The number of carbonyl (C=O) groups is 1. The fraction of sp³-hybridized carbons (Fsp3) is 0.176. The summed E-state index contributed by atoms with van der Waals surface area (Å²) in [7, 11) is 1.60. The van der Waals surface area contributed by atoms with Gasteiger partial charge >= 0.3 is 0 Å². The molecule has 0 radical (unpaired) electrons. The van der Waals surface area contributed by atoms with Gasteiger partial charge in [-0.15, -0.1) is 10.2 Å². The van der Waals surface area contributed by atoms with E-state index in [1.165, 1.54) is 15.8 Å². The average Bonchev–Trinajstić information content (AvgIpc) is 3.05. The molecule has 0 unspecified atom stereocenters. The lowest BCUT2D eigenvalue weighted by Gasteiger charge is -2.17. The molecule has 25 heavy (non-hydrogen) atoms. The van der Waals surface area contributed by atoms with Gasteiger partial charge in [0.1, 0.15) is 12.4 Å². The van der Waals surface area contributed by atoms with E-state index in [0.717, 1.165) is 0 Å². The minimum absolute atomic E-state index is 0.0848. The Balaban J connectivity index is 1.66. The molecule has 0 saturated carbocycles. The van der Waals surface area contributed by atoms with E-state index >= 15 is 0 Å². The molecule has 0 atom stereocenters. The number of aromatic nitrogens is 4.